The summed E-state index contributed by atoms with van der Waals surface area (Å²) in [7, 11) is 0. The fourth-order valence-corrected chi connectivity index (χ4v) is 1.55. The van der Waals surface area contributed by atoms with Crippen LogP contribution in [0, 0.1) is 0 Å². The smallest absolute Gasteiger partial charge is 0.461 e. The van der Waals surface area contributed by atoms with Gasteiger partial charge in [-0.15, -0.1) is 0 Å². The third-order valence-electron chi connectivity index (χ3n) is 3.36. The standard InChI is InChI=1S/C13H9F17O4/c1-2-3-4-32-5(31)6(14,9(18,19)20)33-13(29,30)8(17,11(24,25)26)34-12(27,28)7(15,16)10(21,22)23/h2-4H2,1H3/t6-,8+/m0/s1. The normalized spacial score (nSPS) is 18.3. The van der Waals surface area contributed by atoms with E-state index in [1.807, 2.05) is 4.74 Å². The molecule has 0 aromatic heterocycles. The summed E-state index contributed by atoms with van der Waals surface area (Å²) in [6, 6.07) is 0. The van der Waals surface area contributed by atoms with Crippen molar-refractivity contribution < 1.29 is 93.6 Å². The molecule has 204 valence electrons. The first-order valence-electron chi connectivity index (χ1n) is 7.93. The molecule has 0 radical (unpaired) electrons. The summed E-state index contributed by atoms with van der Waals surface area (Å²) >= 11 is 0. The Hall–Kier alpha value is -1.80. The quantitative estimate of drug-likeness (QED) is 0.184. The van der Waals surface area contributed by atoms with Gasteiger partial charge < -0.3 is 4.74 Å². The molecule has 0 aliphatic carbocycles. The van der Waals surface area contributed by atoms with Crippen molar-refractivity contribution in [1.29, 1.82) is 0 Å². The van der Waals surface area contributed by atoms with Crippen molar-refractivity contribution in [3.05, 3.63) is 0 Å². The molecule has 0 fully saturated rings. The zero-order valence-corrected chi connectivity index (χ0v) is 15.7. The second-order valence-corrected chi connectivity index (χ2v) is 5.99. The van der Waals surface area contributed by atoms with Gasteiger partial charge >= 0.3 is 54.3 Å². The zero-order chi connectivity index (χ0) is 27.8. The Bertz CT molecular complexity index is 712. The molecule has 21 heteroatoms. The van der Waals surface area contributed by atoms with Crippen molar-refractivity contribution >= 4 is 5.97 Å². The van der Waals surface area contributed by atoms with E-state index >= 15 is 0 Å². The molecule has 2 atom stereocenters. The molecular weight excluding hydrogens is 543 g/mol. The van der Waals surface area contributed by atoms with Gasteiger partial charge in [-0.3, -0.25) is 9.47 Å². The lowest BCUT2D eigenvalue weighted by Crippen LogP contribution is -2.68. The van der Waals surface area contributed by atoms with Crippen LogP contribution in [0.1, 0.15) is 19.8 Å². The molecule has 0 N–H and O–H groups in total. The van der Waals surface area contributed by atoms with Gasteiger partial charge in [0.05, 0.1) is 6.61 Å². The van der Waals surface area contributed by atoms with Gasteiger partial charge in [0.1, 0.15) is 0 Å². The fourth-order valence-electron chi connectivity index (χ4n) is 1.55. The third kappa shape index (κ3) is 5.88. The molecule has 0 aromatic carbocycles. The van der Waals surface area contributed by atoms with Gasteiger partial charge in [-0.25, -0.2) is 4.79 Å². The first-order chi connectivity index (χ1) is 14.6. The van der Waals surface area contributed by atoms with Gasteiger partial charge in [0.15, 0.2) is 0 Å². The molecular formula is C13H9F17O4. The van der Waals surface area contributed by atoms with Crippen LogP contribution in [-0.2, 0) is 19.0 Å². The van der Waals surface area contributed by atoms with Crippen LogP contribution in [0.5, 0.6) is 0 Å². The van der Waals surface area contributed by atoms with E-state index in [2.05, 4.69) is 4.74 Å². The van der Waals surface area contributed by atoms with E-state index in [4.69, 9.17) is 0 Å². The summed E-state index contributed by atoms with van der Waals surface area (Å²) in [5.74, 6) is -26.3. The number of unbranched alkanes of at least 4 members (excludes halogenated alkanes) is 1. The summed E-state index contributed by atoms with van der Waals surface area (Å²) in [5, 5.41) is 0. The summed E-state index contributed by atoms with van der Waals surface area (Å²) < 4.78 is 226. The van der Waals surface area contributed by atoms with Crippen molar-refractivity contribution in [3.63, 3.8) is 0 Å². The van der Waals surface area contributed by atoms with Crippen LogP contribution >= 0.6 is 0 Å². The van der Waals surface area contributed by atoms with Crippen LogP contribution in [0.3, 0.4) is 0 Å². The highest BCUT2D eigenvalue weighted by molar-refractivity contribution is 5.78. The largest absolute Gasteiger partial charge is 0.462 e. The number of esters is 1. The molecule has 0 bridgehead atoms. The van der Waals surface area contributed by atoms with E-state index in [0.29, 0.717) is 0 Å². The van der Waals surface area contributed by atoms with Crippen LogP contribution in [0.2, 0.25) is 0 Å². The van der Waals surface area contributed by atoms with Gasteiger partial charge in [0, 0.05) is 0 Å². The van der Waals surface area contributed by atoms with E-state index in [9.17, 15) is 79.4 Å². The van der Waals surface area contributed by atoms with Crippen molar-refractivity contribution in [2.45, 2.75) is 68.1 Å². The Morgan fingerprint density at radius 2 is 1.06 bits per heavy atom. The first kappa shape index (κ1) is 32.2. The van der Waals surface area contributed by atoms with Crippen molar-refractivity contribution in [2.75, 3.05) is 6.61 Å². The van der Waals surface area contributed by atoms with Crippen LogP contribution in [0.15, 0.2) is 0 Å². The van der Waals surface area contributed by atoms with Crippen LogP contribution in [0.4, 0.5) is 74.6 Å². The average Bonchev–Trinajstić information content (AvgIpc) is 2.57. The molecule has 0 amide bonds. The maximum Gasteiger partial charge on any atom is 0.462 e. The van der Waals surface area contributed by atoms with E-state index in [0.717, 1.165) is 0 Å². The predicted molar refractivity (Wildman–Crippen MR) is 68.7 cm³/mol. The van der Waals surface area contributed by atoms with Gasteiger partial charge in [0.2, 0.25) is 0 Å². The summed E-state index contributed by atoms with van der Waals surface area (Å²) in [5.41, 5.74) is 0. The second kappa shape index (κ2) is 9.34. The molecule has 0 saturated heterocycles. The molecule has 4 nitrogen and oxygen atoms in total. The van der Waals surface area contributed by atoms with Crippen molar-refractivity contribution in [1.82, 2.24) is 0 Å². The number of hydrogen-bond acceptors (Lipinski definition) is 4. The van der Waals surface area contributed by atoms with Crippen molar-refractivity contribution in [2.24, 2.45) is 0 Å². The molecule has 0 heterocycles. The average molecular weight is 552 g/mol. The van der Waals surface area contributed by atoms with E-state index in [-0.39, 0.29) is 6.42 Å². The predicted octanol–water partition coefficient (Wildman–Crippen LogP) is 6.20. The number of ether oxygens (including phenoxy) is 3. The van der Waals surface area contributed by atoms with Crippen LogP contribution < -0.4 is 0 Å². The molecule has 0 aliphatic heterocycles. The fraction of sp³-hybridized carbons (Fsp3) is 0.923. The maximum atomic E-state index is 14.0. The minimum atomic E-state index is -8.04. The van der Waals surface area contributed by atoms with E-state index in [1.165, 1.54) is 11.7 Å². The number of rotatable bonds is 10. The maximum absolute atomic E-state index is 14.0. The summed E-state index contributed by atoms with van der Waals surface area (Å²) in [4.78, 5) is 11.2. The Kier molecular flexibility index (Phi) is 8.84. The molecule has 0 rings (SSSR count). The zero-order valence-electron chi connectivity index (χ0n) is 15.7. The highest BCUT2D eigenvalue weighted by Gasteiger charge is 2.85. The van der Waals surface area contributed by atoms with E-state index in [1.54, 1.807) is 0 Å². The molecule has 0 saturated carbocycles. The Morgan fingerprint density at radius 1 is 0.618 bits per heavy atom. The summed E-state index contributed by atoms with van der Waals surface area (Å²) in [6.45, 7) is 0.0262. The SMILES string of the molecule is CCCCOC(=O)[C@](F)(OC(F)(F)[C@](F)(OC(F)(F)C(F)(F)C(F)(F)F)C(F)(F)F)C(F)(F)F. The van der Waals surface area contributed by atoms with Gasteiger partial charge in [0.25, 0.3) is 0 Å². The molecule has 0 aromatic rings. The monoisotopic (exact) mass is 552 g/mol. The van der Waals surface area contributed by atoms with Gasteiger partial charge in [-0.1, -0.05) is 13.3 Å². The molecule has 0 spiro atoms. The third-order valence-corrected chi connectivity index (χ3v) is 3.36. The Balaban J connectivity index is 6.61. The minimum Gasteiger partial charge on any atom is -0.461 e. The number of alkyl halides is 17. The molecule has 0 aliphatic rings. The van der Waals surface area contributed by atoms with Crippen molar-refractivity contribution in [3.8, 4) is 0 Å². The van der Waals surface area contributed by atoms with Gasteiger partial charge in [-0.05, 0) is 6.42 Å². The lowest BCUT2D eigenvalue weighted by molar-refractivity contribution is -0.548. The van der Waals surface area contributed by atoms with Gasteiger partial charge in [-0.2, -0.15) is 74.6 Å². The summed E-state index contributed by atoms with van der Waals surface area (Å²) in [6.07, 6.45) is -38.9. The number of carbonyl (C=O) groups excluding carboxylic acids is 1. The lowest BCUT2D eigenvalue weighted by atomic mass is 10.2. The Morgan fingerprint density at radius 3 is 1.38 bits per heavy atom. The molecule has 0 unspecified atom stereocenters. The number of hydrogen-bond donors (Lipinski definition) is 0. The highest BCUT2D eigenvalue weighted by atomic mass is 19.4. The Labute approximate surface area is 175 Å². The minimum absolute atomic E-state index is 0.0341. The second-order valence-electron chi connectivity index (χ2n) is 5.99. The first-order valence-corrected chi connectivity index (χ1v) is 7.93. The number of carbonyl (C=O) groups is 1. The lowest BCUT2D eigenvalue weighted by Gasteiger charge is -2.39. The topological polar surface area (TPSA) is 44.8 Å². The van der Waals surface area contributed by atoms with Crippen LogP contribution in [0.25, 0.3) is 0 Å². The van der Waals surface area contributed by atoms with E-state index < -0.39 is 67.4 Å². The highest BCUT2D eigenvalue weighted by Crippen LogP contribution is 2.56. The number of halogens is 17. The molecule has 34 heavy (non-hydrogen) atoms. The van der Waals surface area contributed by atoms with Crippen LogP contribution in [-0.4, -0.2) is 61.0 Å².